The molecular formula is C59H61N13O12S6. The number of rotatable bonds is 15. The summed E-state index contributed by atoms with van der Waals surface area (Å²) in [6.45, 7) is 5.62. The molecule has 0 saturated carbocycles. The third-order valence-corrected chi connectivity index (χ3v) is 20.7. The molecule has 0 unspecified atom stereocenters. The number of likely N-dealkylation sites (tertiary alicyclic amines) is 1. The van der Waals surface area contributed by atoms with Crippen LogP contribution in [0.2, 0.25) is 0 Å². The Balaban J connectivity index is 1.04. The number of carbonyl (C=O) groups is 8. The number of hydrogen-bond acceptors (Lipinski definition) is 23. The molecule has 4 atom stereocenters. The summed E-state index contributed by atoms with van der Waals surface area (Å²) >= 11 is 7.09. The van der Waals surface area contributed by atoms with Crippen LogP contribution in [0.15, 0.2) is 64.0 Å². The predicted octanol–water partition coefficient (Wildman–Crippen LogP) is 8.91. The number of carbonyl (C=O) groups excluding carboxylic acids is 6. The summed E-state index contributed by atoms with van der Waals surface area (Å²) in [7, 11) is 1.47. The number of nitrogens with one attached hydrogen (secondary N) is 3. The first-order valence-corrected chi connectivity index (χ1v) is 33.6. The van der Waals surface area contributed by atoms with Gasteiger partial charge in [0.05, 0.1) is 47.1 Å². The van der Waals surface area contributed by atoms with Crippen molar-refractivity contribution >= 4 is 121 Å². The Kier molecular flexibility index (Phi) is 20.7. The van der Waals surface area contributed by atoms with E-state index in [1.807, 2.05) is 13.8 Å². The number of aliphatic hydroxyl groups excluding tert-OH is 1. The maximum atomic E-state index is 14.4. The zero-order valence-electron chi connectivity index (χ0n) is 48.9. The van der Waals surface area contributed by atoms with Crippen molar-refractivity contribution in [3.05, 3.63) is 111 Å². The number of nitrogens with zero attached hydrogens (tertiary/aromatic N) is 9. The van der Waals surface area contributed by atoms with Crippen LogP contribution in [0.25, 0.3) is 43.4 Å². The van der Waals surface area contributed by atoms with Crippen molar-refractivity contribution in [2.45, 2.75) is 96.4 Å². The number of piperidine rings is 1. The van der Waals surface area contributed by atoms with E-state index in [1.165, 1.54) is 57.4 Å². The van der Waals surface area contributed by atoms with Gasteiger partial charge in [0.25, 0.3) is 11.8 Å². The van der Waals surface area contributed by atoms with Crippen LogP contribution in [0.5, 0.6) is 0 Å². The summed E-state index contributed by atoms with van der Waals surface area (Å²) in [6, 6.07) is 9.62. The van der Waals surface area contributed by atoms with E-state index in [9.17, 15) is 53.7 Å². The van der Waals surface area contributed by atoms with Crippen molar-refractivity contribution in [2.24, 2.45) is 17.6 Å². The van der Waals surface area contributed by atoms with Crippen LogP contribution in [0, 0.1) is 18.8 Å². The fourth-order valence-electron chi connectivity index (χ4n) is 10.2. The Morgan fingerprint density at radius 3 is 2.17 bits per heavy atom. The highest BCUT2D eigenvalue weighted by Gasteiger charge is 2.35. The Bertz CT molecular complexity index is 3980. The zero-order chi connectivity index (χ0) is 63.9. The SMILES string of the molecule is COCc1sc2nc1C(=O)NCC(=O)N[C@@H]([C@@H](O)c1ccccc1)c1nc(cs1)-c1nc(cs1)-c1nc(-c3nc(N(CCCCC(=O)O)C(=O)N4CCC(C(=O)O)CC4)cs3)ccc1-c1nc(cs1)C(=O)N[C@@H](CC(N)=O)c1nc(c(C)s1)C(=O)C[C@@H]2C(C)C. The summed E-state index contributed by atoms with van der Waals surface area (Å²) in [4.78, 5) is 145. The molecule has 10 rings (SSSR count). The number of carboxylic acids is 2. The lowest BCUT2D eigenvalue weighted by Gasteiger charge is -2.34. The molecule has 31 heteroatoms. The molecule has 2 aliphatic heterocycles. The Morgan fingerprint density at radius 1 is 0.744 bits per heavy atom. The smallest absolute Gasteiger partial charge is 0.325 e. The van der Waals surface area contributed by atoms with Crippen LogP contribution in [-0.4, -0.2) is 136 Å². The highest BCUT2D eigenvalue weighted by Crippen LogP contribution is 2.41. The van der Waals surface area contributed by atoms with E-state index in [4.69, 9.17) is 45.4 Å². The molecule has 10 bridgehead atoms. The summed E-state index contributed by atoms with van der Waals surface area (Å²) in [6.07, 6.45) is -0.632. The number of nitrogens with two attached hydrogens (primary N) is 1. The van der Waals surface area contributed by atoms with Crippen molar-refractivity contribution in [3.8, 4) is 43.4 Å². The van der Waals surface area contributed by atoms with Gasteiger partial charge in [-0.2, -0.15) is 0 Å². The number of aliphatic hydroxyl groups is 1. The van der Waals surface area contributed by atoms with Crippen LogP contribution >= 0.6 is 68.0 Å². The number of urea groups is 1. The van der Waals surface area contributed by atoms with Crippen molar-refractivity contribution < 1.29 is 58.4 Å². The number of hydrogen-bond donors (Lipinski definition) is 7. The number of pyridine rings is 1. The monoisotopic (exact) mass is 1340 g/mol. The molecule has 0 radical (unpaired) electrons. The van der Waals surface area contributed by atoms with Gasteiger partial charge in [-0.3, -0.25) is 38.5 Å². The largest absolute Gasteiger partial charge is 0.481 e. The minimum Gasteiger partial charge on any atom is -0.481 e. The average molecular weight is 1340 g/mol. The number of methoxy groups -OCH3 is 1. The number of aliphatic carboxylic acids is 2. The average Bonchev–Trinajstić information content (AvgIpc) is 1.84. The number of thiazole rings is 6. The van der Waals surface area contributed by atoms with E-state index < -0.39 is 78.2 Å². The molecule has 8 aromatic rings. The number of fused-ring (bicyclic) bond motifs is 14. The number of carboxylic acid groups (broad SMARTS) is 2. The molecule has 1 saturated heterocycles. The molecule has 6 amide bonds. The number of benzene rings is 1. The zero-order valence-corrected chi connectivity index (χ0v) is 53.8. The molecule has 1 aromatic carbocycles. The molecule has 0 spiro atoms. The number of primary amides is 1. The molecule has 90 heavy (non-hydrogen) atoms. The number of aromatic nitrogens is 7. The van der Waals surface area contributed by atoms with Gasteiger partial charge in [-0.05, 0) is 56.2 Å². The number of amides is 6. The highest BCUT2D eigenvalue weighted by atomic mass is 32.1. The van der Waals surface area contributed by atoms with Gasteiger partial charge in [0.2, 0.25) is 11.8 Å². The maximum Gasteiger partial charge on any atom is 0.325 e. The first-order valence-electron chi connectivity index (χ1n) is 28.5. The highest BCUT2D eigenvalue weighted by molar-refractivity contribution is 7.15. The molecule has 25 nitrogen and oxygen atoms in total. The van der Waals surface area contributed by atoms with E-state index in [1.54, 1.807) is 75.8 Å². The summed E-state index contributed by atoms with van der Waals surface area (Å²) in [5, 5.41) is 48.4. The van der Waals surface area contributed by atoms with Crippen molar-refractivity contribution in [1.29, 1.82) is 0 Å². The van der Waals surface area contributed by atoms with Gasteiger partial charge in [0, 0.05) is 77.5 Å². The van der Waals surface area contributed by atoms with Crippen LogP contribution < -0.4 is 26.6 Å². The second-order valence-corrected chi connectivity index (χ2v) is 27.4. The van der Waals surface area contributed by atoms with Crippen molar-refractivity contribution in [1.82, 2.24) is 55.7 Å². The van der Waals surface area contributed by atoms with Gasteiger partial charge in [0.1, 0.15) is 77.2 Å². The minimum absolute atomic E-state index is 0.00989. The third-order valence-electron chi connectivity index (χ3n) is 15.0. The van der Waals surface area contributed by atoms with E-state index in [2.05, 4.69) is 16.0 Å². The summed E-state index contributed by atoms with van der Waals surface area (Å²) in [5.74, 6) is -5.91. The summed E-state index contributed by atoms with van der Waals surface area (Å²) in [5.41, 5.74) is 8.27. The lowest BCUT2D eigenvalue weighted by Crippen LogP contribution is -2.48. The van der Waals surface area contributed by atoms with Crippen LogP contribution in [0.3, 0.4) is 0 Å². The van der Waals surface area contributed by atoms with Gasteiger partial charge in [-0.25, -0.2) is 39.7 Å². The molecular weight excluding hydrogens is 1280 g/mol. The first kappa shape index (κ1) is 64.8. The maximum absolute atomic E-state index is 14.4. The van der Waals surface area contributed by atoms with Crippen molar-refractivity contribution in [3.63, 3.8) is 0 Å². The molecule has 0 aliphatic carbocycles. The topological polar surface area (TPSA) is 365 Å². The molecule has 7 aromatic heterocycles. The second-order valence-electron chi connectivity index (χ2n) is 21.6. The van der Waals surface area contributed by atoms with E-state index >= 15 is 0 Å². The predicted molar refractivity (Wildman–Crippen MR) is 340 cm³/mol. The van der Waals surface area contributed by atoms with Gasteiger partial charge in [0.15, 0.2) is 5.78 Å². The van der Waals surface area contributed by atoms with Crippen LogP contribution in [0.1, 0.15) is 145 Å². The standard InChI is InChI=1S/C59H61N13O12S6/c1-28(2)33-20-39(73)45-29(3)89-56(69-45)35(21-41(60)74)63-50(79)37-25-85-52(65-37)32-13-14-34(54-67-42(27-88-54)72(17-9-8-12-44(76)77)59(83)71-18-15-31(16-19-71)58(81)82)62-46(32)36-24-86-55(64-36)38-26-87-57(66-38)48(49(78)30-10-6-5-7-11-30)68-43(75)22-61-51(80)47-40(23-84-4)90-53(33)70-47/h5-7,10-11,13-14,24-28,31,33,35,48-49,78H,8-9,12,15-23H2,1-4H3,(H2,60,74)(H,61,80)(H,63,79)(H,68,75)(H,76,77)(H,81,82)/t33-,35+,48+,49+/m1/s1. The number of aryl methyl sites for hydroxylation is 1. The van der Waals surface area contributed by atoms with Gasteiger partial charge in [-0.1, -0.05) is 44.2 Å². The Hall–Kier alpha value is -8.17. The lowest BCUT2D eigenvalue weighted by atomic mass is 9.90. The Labute approximate surface area is 538 Å². The van der Waals surface area contributed by atoms with E-state index in [0.717, 1.165) is 22.7 Å². The number of ether oxygens (including phenoxy) is 1. The normalized spacial score (nSPS) is 17.3. The van der Waals surface area contributed by atoms with Gasteiger partial charge >= 0.3 is 18.0 Å². The van der Waals surface area contributed by atoms with Gasteiger partial charge < -0.3 is 46.6 Å². The van der Waals surface area contributed by atoms with E-state index in [0.29, 0.717) is 81.5 Å². The summed E-state index contributed by atoms with van der Waals surface area (Å²) < 4.78 is 5.46. The van der Waals surface area contributed by atoms with Crippen molar-refractivity contribution in [2.75, 3.05) is 38.2 Å². The second kappa shape index (κ2) is 28.8. The van der Waals surface area contributed by atoms with Crippen LogP contribution in [0.4, 0.5) is 10.6 Å². The lowest BCUT2D eigenvalue weighted by molar-refractivity contribution is -0.143. The van der Waals surface area contributed by atoms with Gasteiger partial charge in [-0.15, -0.1) is 68.0 Å². The first-order chi connectivity index (χ1) is 43.2. The van der Waals surface area contributed by atoms with Crippen LogP contribution in [-0.2, 0) is 30.5 Å². The number of Topliss-reactive ketones (excluding diaryl/α,β-unsaturated/α-hetero) is 1. The number of anilines is 1. The molecule has 1 fully saturated rings. The Morgan fingerprint density at radius 2 is 1.44 bits per heavy atom. The molecule has 470 valence electrons. The molecule has 9 heterocycles. The fraction of sp³-hybridized carbons (Fsp3) is 0.373. The van der Waals surface area contributed by atoms with E-state index in [-0.39, 0.29) is 98.0 Å². The minimum atomic E-state index is -1.30. The number of ketones is 1. The quantitative estimate of drug-likeness (QED) is 0.0471. The third kappa shape index (κ3) is 15.0. The molecule has 8 N–H and O–H groups in total. The number of unbranched alkanes of at least 4 members (excludes halogenated alkanes) is 1. The molecule has 2 aliphatic rings. The fourth-order valence-corrected chi connectivity index (χ4v) is 15.8.